The van der Waals surface area contributed by atoms with E-state index >= 15 is 0 Å². The van der Waals surface area contributed by atoms with Crippen LogP contribution in [0.4, 0.5) is 5.82 Å². The van der Waals surface area contributed by atoms with Crippen LogP contribution in [0, 0.1) is 0 Å². The fourth-order valence-corrected chi connectivity index (χ4v) is 4.05. The Kier molecular flexibility index (Phi) is 4.13. The van der Waals surface area contributed by atoms with Gasteiger partial charge in [-0.25, -0.2) is 9.97 Å². The van der Waals surface area contributed by atoms with E-state index in [1.54, 1.807) is 0 Å². The van der Waals surface area contributed by atoms with Crippen molar-refractivity contribution in [1.82, 2.24) is 20.2 Å². The minimum absolute atomic E-state index is 0.151. The number of hydrogen-bond acceptors (Lipinski definition) is 9. The zero-order valence-corrected chi connectivity index (χ0v) is 16.1. The molecule has 0 atom stereocenters. The first-order valence-electron chi connectivity index (χ1n) is 9.64. The number of ether oxygens (including phenoxy) is 2. The lowest BCUT2D eigenvalue weighted by atomic mass is 9.76. The van der Waals surface area contributed by atoms with Gasteiger partial charge in [-0.3, -0.25) is 0 Å². The van der Waals surface area contributed by atoms with Crippen molar-refractivity contribution in [2.75, 3.05) is 12.5 Å². The number of hydrogen-bond donors (Lipinski definition) is 2. The Morgan fingerprint density at radius 2 is 1.93 bits per heavy atom. The molecule has 0 radical (unpaired) electrons. The van der Waals surface area contributed by atoms with Crippen molar-refractivity contribution in [3.63, 3.8) is 0 Å². The van der Waals surface area contributed by atoms with Gasteiger partial charge < -0.3 is 25.4 Å². The second-order valence-electron chi connectivity index (χ2n) is 7.90. The summed E-state index contributed by atoms with van der Waals surface area (Å²) in [6, 6.07) is 5.59. The lowest BCUT2D eigenvalue weighted by Crippen LogP contribution is -2.39. The number of fused-ring (bicyclic) bond motifs is 1. The van der Waals surface area contributed by atoms with Crippen LogP contribution in [-0.2, 0) is 0 Å². The fourth-order valence-electron chi connectivity index (χ4n) is 4.05. The van der Waals surface area contributed by atoms with Crippen molar-refractivity contribution in [3.05, 3.63) is 30.3 Å². The molecule has 29 heavy (non-hydrogen) atoms. The number of para-hydroxylation sites is 1. The maximum Gasteiger partial charge on any atom is 0.268 e. The summed E-state index contributed by atoms with van der Waals surface area (Å²) in [5.74, 6) is 2.09. The molecule has 9 nitrogen and oxygen atoms in total. The third kappa shape index (κ3) is 3.17. The van der Waals surface area contributed by atoms with Gasteiger partial charge in [0, 0.05) is 11.5 Å². The van der Waals surface area contributed by atoms with Gasteiger partial charge in [0.1, 0.15) is 11.4 Å². The van der Waals surface area contributed by atoms with Crippen LogP contribution in [0.1, 0.15) is 44.2 Å². The van der Waals surface area contributed by atoms with Gasteiger partial charge in [0.05, 0.1) is 11.3 Å². The summed E-state index contributed by atoms with van der Waals surface area (Å²) in [5, 5.41) is 7.88. The largest absolute Gasteiger partial charge is 0.454 e. The summed E-state index contributed by atoms with van der Waals surface area (Å²) in [7, 11) is 0. The Morgan fingerprint density at radius 3 is 2.69 bits per heavy atom. The van der Waals surface area contributed by atoms with E-state index in [1.165, 1.54) is 6.39 Å². The van der Waals surface area contributed by atoms with E-state index < -0.39 is 0 Å². The van der Waals surface area contributed by atoms with Gasteiger partial charge in [0.2, 0.25) is 13.2 Å². The van der Waals surface area contributed by atoms with Crippen molar-refractivity contribution in [2.45, 2.75) is 44.1 Å². The SMILES string of the molecule is CC1(N)CCC(c2nc(N)c(-c3cccc4c3OCO4)nc2-c2nnco2)CC1. The van der Waals surface area contributed by atoms with Gasteiger partial charge in [-0.15, -0.1) is 10.2 Å². The molecule has 3 aromatic rings. The van der Waals surface area contributed by atoms with Gasteiger partial charge in [0.25, 0.3) is 5.89 Å². The molecular weight excluding hydrogens is 372 g/mol. The molecule has 2 aliphatic rings. The lowest BCUT2D eigenvalue weighted by molar-refractivity contribution is 0.174. The minimum atomic E-state index is -0.151. The van der Waals surface area contributed by atoms with E-state index in [2.05, 4.69) is 17.1 Å². The summed E-state index contributed by atoms with van der Waals surface area (Å²) in [5.41, 5.74) is 15.1. The van der Waals surface area contributed by atoms with Crippen LogP contribution in [0.15, 0.2) is 29.0 Å². The predicted molar refractivity (Wildman–Crippen MR) is 105 cm³/mol. The first kappa shape index (κ1) is 17.9. The van der Waals surface area contributed by atoms with Gasteiger partial charge in [-0.1, -0.05) is 6.07 Å². The zero-order chi connectivity index (χ0) is 20.0. The van der Waals surface area contributed by atoms with Crippen LogP contribution in [0.25, 0.3) is 22.8 Å². The van der Waals surface area contributed by atoms with Crippen molar-refractivity contribution >= 4 is 5.82 Å². The molecule has 5 rings (SSSR count). The molecular formula is C20H22N6O3. The van der Waals surface area contributed by atoms with E-state index in [9.17, 15) is 0 Å². The average molecular weight is 394 g/mol. The van der Waals surface area contributed by atoms with E-state index in [1.807, 2.05) is 18.2 Å². The molecule has 4 N–H and O–H groups in total. The second-order valence-corrected chi connectivity index (χ2v) is 7.90. The molecule has 0 bridgehead atoms. The topological polar surface area (TPSA) is 135 Å². The average Bonchev–Trinajstić information content (AvgIpc) is 3.39. The second kappa shape index (κ2) is 6.70. The Hall–Kier alpha value is -3.20. The van der Waals surface area contributed by atoms with Crippen molar-refractivity contribution in [3.8, 4) is 34.3 Å². The highest BCUT2D eigenvalue weighted by Crippen LogP contribution is 2.44. The number of nitrogen functional groups attached to an aromatic ring is 1. The molecule has 9 heteroatoms. The van der Waals surface area contributed by atoms with Crippen molar-refractivity contribution < 1.29 is 13.9 Å². The molecule has 1 saturated carbocycles. The van der Waals surface area contributed by atoms with Crippen LogP contribution < -0.4 is 20.9 Å². The predicted octanol–water partition coefficient (Wildman–Crippen LogP) is 2.88. The highest BCUT2D eigenvalue weighted by molar-refractivity contribution is 5.79. The van der Waals surface area contributed by atoms with E-state index in [0.717, 1.165) is 36.9 Å². The number of aromatic nitrogens is 4. The molecule has 1 aliphatic carbocycles. The highest BCUT2D eigenvalue weighted by Gasteiger charge is 2.33. The molecule has 0 saturated heterocycles. The standard InChI is InChI=1S/C20H22N6O3/c1-20(22)7-5-11(6-8-20)14-16(19-26-23-9-27-19)24-15(18(21)25-14)12-3-2-4-13-17(12)29-10-28-13/h2-4,9,11H,5-8,10,22H2,1H3,(H2,21,25). The molecule has 0 unspecified atom stereocenters. The zero-order valence-electron chi connectivity index (χ0n) is 16.1. The summed E-state index contributed by atoms with van der Waals surface area (Å²) in [6.45, 7) is 2.25. The number of anilines is 1. The number of nitrogens with two attached hydrogens (primary N) is 2. The number of rotatable bonds is 3. The molecule has 1 aliphatic heterocycles. The monoisotopic (exact) mass is 394 g/mol. The van der Waals surface area contributed by atoms with Crippen LogP contribution in [-0.4, -0.2) is 32.5 Å². The van der Waals surface area contributed by atoms with Crippen molar-refractivity contribution in [2.24, 2.45) is 5.73 Å². The Morgan fingerprint density at radius 1 is 1.10 bits per heavy atom. The third-order valence-electron chi connectivity index (χ3n) is 5.68. The lowest BCUT2D eigenvalue weighted by Gasteiger charge is -2.34. The smallest absolute Gasteiger partial charge is 0.268 e. The molecule has 150 valence electrons. The van der Waals surface area contributed by atoms with E-state index in [4.69, 9.17) is 35.3 Å². The van der Waals surface area contributed by atoms with Crippen molar-refractivity contribution in [1.29, 1.82) is 0 Å². The first-order valence-corrected chi connectivity index (χ1v) is 9.64. The molecule has 1 fully saturated rings. The summed E-state index contributed by atoms with van der Waals surface area (Å²) < 4.78 is 16.6. The third-order valence-corrected chi connectivity index (χ3v) is 5.68. The molecule has 1 aromatic carbocycles. The Balaban J connectivity index is 1.63. The first-order chi connectivity index (χ1) is 14.0. The Bertz CT molecular complexity index is 1040. The number of nitrogens with zero attached hydrogens (tertiary/aromatic N) is 4. The Labute approximate surface area is 167 Å². The van der Waals surface area contributed by atoms with Gasteiger partial charge in [-0.2, -0.15) is 0 Å². The summed E-state index contributed by atoms with van der Waals surface area (Å²) in [4.78, 5) is 9.58. The van der Waals surface area contributed by atoms with Crippen LogP contribution in [0.5, 0.6) is 11.5 Å². The van der Waals surface area contributed by atoms with Gasteiger partial charge >= 0.3 is 0 Å². The summed E-state index contributed by atoms with van der Waals surface area (Å²) in [6.07, 6.45) is 4.90. The molecule has 3 heterocycles. The molecule has 0 spiro atoms. The van der Waals surface area contributed by atoms with Crippen LogP contribution >= 0.6 is 0 Å². The molecule has 0 amide bonds. The number of benzene rings is 1. The fraction of sp³-hybridized carbons (Fsp3) is 0.400. The molecule has 2 aromatic heterocycles. The van der Waals surface area contributed by atoms with Gasteiger partial charge in [0.15, 0.2) is 17.3 Å². The summed E-state index contributed by atoms with van der Waals surface area (Å²) >= 11 is 0. The quantitative estimate of drug-likeness (QED) is 0.687. The van der Waals surface area contributed by atoms with Gasteiger partial charge in [-0.05, 0) is 44.7 Å². The maximum atomic E-state index is 6.37. The minimum Gasteiger partial charge on any atom is -0.454 e. The van der Waals surface area contributed by atoms with Crippen LogP contribution in [0.3, 0.4) is 0 Å². The highest BCUT2D eigenvalue weighted by atomic mass is 16.7. The van der Waals surface area contributed by atoms with Crippen LogP contribution in [0.2, 0.25) is 0 Å². The van der Waals surface area contributed by atoms with E-state index in [-0.39, 0.29) is 18.2 Å². The maximum absolute atomic E-state index is 6.37. The van der Waals surface area contributed by atoms with E-state index in [0.29, 0.717) is 34.6 Å². The normalized spacial score (nSPS) is 23.3.